The number of likely N-dealkylation sites (tertiary alicyclic amines) is 2. The first-order chi connectivity index (χ1) is 26.9. The number of hydrogen-bond acceptors (Lipinski definition) is 6. The van der Waals surface area contributed by atoms with E-state index in [1.165, 1.54) is 11.6 Å². The number of nitrogens with zero attached hydrogens (tertiary/aromatic N) is 5. The number of nitrogen functional groups attached to an aromatic ring is 1. The topological polar surface area (TPSA) is 105 Å². The van der Waals surface area contributed by atoms with Gasteiger partial charge < -0.3 is 25.8 Å². The van der Waals surface area contributed by atoms with Gasteiger partial charge in [-0.2, -0.15) is 13.2 Å². The molecule has 0 bridgehead atoms. The third kappa shape index (κ3) is 9.44. The number of anilines is 2. The van der Waals surface area contributed by atoms with E-state index < -0.39 is 23.3 Å². The number of urea groups is 1. The second kappa shape index (κ2) is 17.4. The van der Waals surface area contributed by atoms with E-state index in [0.717, 1.165) is 69.3 Å². The molecule has 4 aliphatic rings. The number of carbonyl (C=O) groups excluding carboxylic acids is 3. The average Bonchev–Trinajstić information content (AvgIpc) is 3.37. The number of hydrogen-bond donors (Lipinski definition) is 2. The van der Waals surface area contributed by atoms with Crippen molar-refractivity contribution in [2.24, 2.45) is 5.92 Å². The van der Waals surface area contributed by atoms with Crippen molar-refractivity contribution in [1.82, 2.24) is 24.5 Å². The molecule has 4 aliphatic heterocycles. The Morgan fingerprint density at radius 2 is 1.45 bits per heavy atom. The number of fused-ring (bicyclic) bond motifs is 1. The number of alkyl halides is 3. The van der Waals surface area contributed by atoms with Gasteiger partial charge in [0.05, 0.1) is 22.2 Å². The van der Waals surface area contributed by atoms with Crippen LogP contribution in [0.25, 0.3) is 0 Å². The molecule has 3 saturated heterocycles. The molecule has 56 heavy (non-hydrogen) atoms. The van der Waals surface area contributed by atoms with Crippen molar-refractivity contribution in [1.29, 1.82) is 0 Å². The summed E-state index contributed by atoms with van der Waals surface area (Å²) in [6, 6.07) is 20.7. The van der Waals surface area contributed by atoms with Crippen LogP contribution in [-0.4, -0.2) is 113 Å². The van der Waals surface area contributed by atoms with Crippen LogP contribution in [0.15, 0.2) is 66.7 Å². The molecule has 0 unspecified atom stereocenters. The Hall–Kier alpha value is -4.33. The zero-order valence-corrected chi connectivity index (χ0v) is 32.4. The molecule has 0 radical (unpaired) electrons. The average molecular weight is 794 g/mol. The van der Waals surface area contributed by atoms with Crippen molar-refractivity contribution >= 4 is 40.8 Å². The van der Waals surface area contributed by atoms with Gasteiger partial charge >= 0.3 is 12.2 Å². The Bertz CT molecular complexity index is 1860. The van der Waals surface area contributed by atoms with Crippen LogP contribution in [0.4, 0.5) is 29.3 Å². The third-order valence-electron chi connectivity index (χ3n) is 12.1. The van der Waals surface area contributed by atoms with Crippen molar-refractivity contribution in [2.75, 3.05) is 70.0 Å². The number of amides is 4. The molecule has 0 saturated carbocycles. The highest BCUT2D eigenvalue weighted by atomic mass is 35.5. The van der Waals surface area contributed by atoms with Crippen LogP contribution in [0.1, 0.15) is 54.4 Å². The lowest BCUT2D eigenvalue weighted by molar-refractivity contribution is -0.143. The van der Waals surface area contributed by atoms with E-state index in [-0.39, 0.29) is 47.3 Å². The number of benzene rings is 3. The molecule has 4 amide bonds. The Kier molecular flexibility index (Phi) is 12.4. The summed E-state index contributed by atoms with van der Waals surface area (Å²) >= 11 is 6.19. The van der Waals surface area contributed by atoms with Gasteiger partial charge in [-0.3, -0.25) is 19.4 Å². The zero-order chi connectivity index (χ0) is 39.4. The molecule has 3 aromatic carbocycles. The lowest BCUT2D eigenvalue weighted by Gasteiger charge is -2.43. The summed E-state index contributed by atoms with van der Waals surface area (Å²) in [5, 5.41) is 2.78. The first-order valence-electron chi connectivity index (χ1n) is 19.8. The second-order valence-electron chi connectivity index (χ2n) is 15.6. The van der Waals surface area contributed by atoms with Crippen molar-refractivity contribution < 1.29 is 27.6 Å². The first-order valence-corrected chi connectivity index (χ1v) is 20.2. The van der Waals surface area contributed by atoms with E-state index in [1.807, 2.05) is 35.2 Å². The number of rotatable bonds is 9. The monoisotopic (exact) mass is 793 g/mol. The number of nitrogens with one attached hydrogen (secondary N) is 1. The fourth-order valence-electron chi connectivity index (χ4n) is 8.90. The first kappa shape index (κ1) is 39.9. The van der Waals surface area contributed by atoms with Gasteiger partial charge in [-0.05, 0) is 73.4 Å². The van der Waals surface area contributed by atoms with Crippen molar-refractivity contribution in [3.05, 3.63) is 94.0 Å². The molecule has 300 valence electrons. The van der Waals surface area contributed by atoms with Crippen LogP contribution in [0, 0.1) is 5.92 Å². The summed E-state index contributed by atoms with van der Waals surface area (Å²) in [6.45, 7) is 7.21. The van der Waals surface area contributed by atoms with E-state index >= 15 is 0 Å². The number of carbonyl (C=O) groups is 3. The molecule has 10 nitrogen and oxygen atoms in total. The Balaban J connectivity index is 0.979. The third-order valence-corrected chi connectivity index (χ3v) is 12.4. The zero-order valence-electron chi connectivity index (χ0n) is 31.7. The predicted octanol–water partition coefficient (Wildman–Crippen LogP) is 6.38. The maximum absolute atomic E-state index is 14.3. The molecule has 3 fully saturated rings. The number of piperazine rings is 1. The van der Waals surface area contributed by atoms with Gasteiger partial charge in [-0.15, -0.1) is 0 Å². The highest BCUT2D eigenvalue weighted by Gasteiger charge is 2.38. The SMILES string of the molecule is Nc1c(Cl)cc(C[C@@H](CC(=O)N2CCC(N3CCc4ccccc4NC3=O)CC2)C(=O)N2CCC(N3CCN(Cc4ccccc4)CC3)CC2)cc1C(F)(F)F. The minimum atomic E-state index is -4.73. The van der Waals surface area contributed by atoms with E-state index in [0.29, 0.717) is 51.6 Å². The van der Waals surface area contributed by atoms with E-state index in [9.17, 15) is 27.6 Å². The van der Waals surface area contributed by atoms with Gasteiger partial charge in [-0.1, -0.05) is 60.1 Å². The molecule has 0 spiro atoms. The maximum atomic E-state index is 14.3. The molecule has 7 rings (SSSR count). The normalized spacial score (nSPS) is 20.0. The van der Waals surface area contributed by atoms with Crippen LogP contribution in [0.2, 0.25) is 5.02 Å². The molecule has 0 aromatic heterocycles. The fourth-order valence-corrected chi connectivity index (χ4v) is 9.14. The largest absolute Gasteiger partial charge is 0.418 e. The molecule has 4 heterocycles. The van der Waals surface area contributed by atoms with Crippen LogP contribution in [0.3, 0.4) is 0 Å². The van der Waals surface area contributed by atoms with E-state index in [1.54, 1.807) is 9.80 Å². The van der Waals surface area contributed by atoms with Crippen molar-refractivity contribution in [3.63, 3.8) is 0 Å². The quantitative estimate of drug-likeness (QED) is 0.244. The Morgan fingerprint density at radius 1 is 0.804 bits per heavy atom. The minimum absolute atomic E-state index is 0.0448. The van der Waals surface area contributed by atoms with Gasteiger partial charge in [0.15, 0.2) is 0 Å². The smallest absolute Gasteiger partial charge is 0.397 e. The molecule has 0 aliphatic carbocycles. The van der Waals surface area contributed by atoms with Crippen molar-refractivity contribution in [3.8, 4) is 0 Å². The molecule has 3 N–H and O–H groups in total. The lowest BCUT2D eigenvalue weighted by atomic mass is 9.91. The summed E-state index contributed by atoms with van der Waals surface area (Å²) in [5.74, 6) is -1.34. The number of nitrogens with two attached hydrogens (primary N) is 1. The Labute approximate surface area is 331 Å². The summed E-state index contributed by atoms with van der Waals surface area (Å²) in [5.41, 5.74) is 7.51. The fraction of sp³-hybridized carbons (Fsp3) is 0.500. The van der Waals surface area contributed by atoms with Crippen molar-refractivity contribution in [2.45, 2.75) is 69.8 Å². The highest BCUT2D eigenvalue weighted by Crippen LogP contribution is 2.39. The molecular weight excluding hydrogens is 743 g/mol. The summed E-state index contributed by atoms with van der Waals surface area (Å²) < 4.78 is 41.8. The highest BCUT2D eigenvalue weighted by molar-refractivity contribution is 6.33. The molecule has 14 heteroatoms. The molecule has 1 atom stereocenters. The van der Waals surface area contributed by atoms with Crippen LogP contribution in [0.5, 0.6) is 0 Å². The summed E-state index contributed by atoms with van der Waals surface area (Å²) in [7, 11) is 0. The van der Waals surface area contributed by atoms with Gasteiger partial charge in [0.25, 0.3) is 0 Å². The summed E-state index contributed by atoms with van der Waals surface area (Å²) in [4.78, 5) is 51.7. The maximum Gasteiger partial charge on any atom is 0.418 e. The van der Waals surface area contributed by atoms with Crippen LogP contribution < -0.4 is 11.1 Å². The standard InChI is InChI=1S/C42H51ClF3N7O3/c43-36-26-30(25-35(39(36)47)42(44,45)46)24-32(27-38(54)51-15-13-34(14-16-51)53-19-10-31-8-4-5-9-37(31)48-41(53)56)40(55)52-17-11-33(12-18-52)50-22-20-49(21-23-50)28-29-6-2-1-3-7-29/h1-9,25-26,32-34H,10-24,27-28,47H2,(H,48,56)/t32-/m0/s1. The second-order valence-corrected chi connectivity index (χ2v) is 16.0. The van der Waals surface area contributed by atoms with E-state index in [2.05, 4.69) is 39.4 Å². The summed E-state index contributed by atoms with van der Waals surface area (Å²) in [6.07, 6.45) is -1.47. The van der Waals surface area contributed by atoms with Crippen LogP contribution in [-0.2, 0) is 35.2 Å². The van der Waals surface area contributed by atoms with E-state index in [4.69, 9.17) is 17.3 Å². The Morgan fingerprint density at radius 3 is 2.14 bits per heavy atom. The lowest BCUT2D eigenvalue weighted by Crippen LogP contribution is -2.54. The van der Waals surface area contributed by atoms with Gasteiger partial charge in [-0.25, -0.2) is 4.79 Å². The number of piperidine rings is 2. The number of halogens is 4. The number of para-hydroxylation sites is 1. The van der Waals surface area contributed by atoms with Crippen LogP contribution >= 0.6 is 11.6 Å². The predicted molar refractivity (Wildman–Crippen MR) is 211 cm³/mol. The molecule has 3 aromatic rings. The van der Waals surface area contributed by atoms with Gasteiger partial charge in [0.2, 0.25) is 11.8 Å². The van der Waals surface area contributed by atoms with Gasteiger partial charge in [0.1, 0.15) is 0 Å². The minimum Gasteiger partial charge on any atom is -0.397 e. The molecular formula is C42H51ClF3N7O3. The van der Waals surface area contributed by atoms with Gasteiger partial charge in [0, 0.05) is 89.6 Å².